The monoisotopic (exact) mass is 306 g/mol. The van der Waals surface area contributed by atoms with Crippen LogP contribution < -0.4 is 10.0 Å². The minimum Gasteiger partial charge on any atom is -0.383 e. The molecule has 0 atom stereocenters. The van der Waals surface area contributed by atoms with Crippen molar-refractivity contribution in [1.82, 2.24) is 14.7 Å². The predicted octanol–water partition coefficient (Wildman–Crippen LogP) is 1.78. The predicted molar refractivity (Wildman–Crippen MR) is 81.3 cm³/mol. The average molecular weight is 306 g/mol. The van der Waals surface area contributed by atoms with Gasteiger partial charge in [-0.1, -0.05) is 13.0 Å². The quantitative estimate of drug-likeness (QED) is 0.814. The van der Waals surface area contributed by atoms with Crippen molar-refractivity contribution >= 4 is 15.7 Å². The van der Waals surface area contributed by atoms with Gasteiger partial charge in [0.25, 0.3) is 10.0 Å². The molecule has 0 saturated carbocycles. The summed E-state index contributed by atoms with van der Waals surface area (Å²) in [5, 5.41) is 3.09. The zero-order valence-electron chi connectivity index (χ0n) is 11.8. The number of rotatable bonds is 7. The molecule has 0 bridgehead atoms. The molecule has 0 aliphatic heterocycles. The Kier molecular flexibility index (Phi) is 5.24. The van der Waals surface area contributed by atoms with Crippen LogP contribution in [0, 0.1) is 0 Å². The van der Waals surface area contributed by atoms with Gasteiger partial charge < -0.3 is 5.32 Å². The molecular formula is C14H18N4O2S. The van der Waals surface area contributed by atoms with Crippen LogP contribution in [0.4, 0.5) is 5.69 Å². The zero-order valence-corrected chi connectivity index (χ0v) is 12.6. The van der Waals surface area contributed by atoms with Gasteiger partial charge in [-0.2, -0.15) is 0 Å². The third-order valence-corrected chi connectivity index (χ3v) is 4.14. The van der Waals surface area contributed by atoms with E-state index in [-0.39, 0.29) is 11.6 Å². The van der Waals surface area contributed by atoms with Gasteiger partial charge in [-0.15, -0.1) is 0 Å². The minimum absolute atomic E-state index is 0.0161. The topological polar surface area (TPSA) is 84.0 Å². The Bertz CT molecular complexity index is 674. The van der Waals surface area contributed by atoms with Crippen LogP contribution in [-0.4, -0.2) is 24.9 Å². The second kappa shape index (κ2) is 7.14. The van der Waals surface area contributed by atoms with Crippen LogP contribution in [0.3, 0.4) is 0 Å². The lowest BCUT2D eigenvalue weighted by molar-refractivity contribution is 0.577. The van der Waals surface area contributed by atoms with Crippen LogP contribution in [0.15, 0.2) is 47.9 Å². The Labute approximate surface area is 124 Å². The Balaban J connectivity index is 2.15. The van der Waals surface area contributed by atoms with Crippen LogP contribution >= 0.6 is 0 Å². The number of nitrogens with one attached hydrogen (secondary N) is 2. The molecule has 0 saturated heterocycles. The number of nitrogens with zero attached hydrogens (tertiary/aromatic N) is 2. The van der Waals surface area contributed by atoms with Gasteiger partial charge in [-0.05, 0) is 30.2 Å². The van der Waals surface area contributed by atoms with E-state index in [2.05, 4.69) is 20.0 Å². The molecule has 7 heteroatoms. The van der Waals surface area contributed by atoms with Crippen molar-refractivity contribution in [2.45, 2.75) is 24.9 Å². The SMILES string of the molecule is CCCNc1cccnc1S(=O)(=O)NCc1cccnc1. The molecule has 0 aliphatic rings. The van der Waals surface area contributed by atoms with Gasteiger partial charge in [0.2, 0.25) is 0 Å². The van der Waals surface area contributed by atoms with Gasteiger partial charge in [0.05, 0.1) is 5.69 Å². The van der Waals surface area contributed by atoms with Crippen molar-refractivity contribution in [1.29, 1.82) is 0 Å². The Morgan fingerprint density at radius 1 is 1.19 bits per heavy atom. The Morgan fingerprint density at radius 2 is 2.00 bits per heavy atom. The van der Waals surface area contributed by atoms with Gasteiger partial charge in [-0.3, -0.25) is 4.98 Å². The van der Waals surface area contributed by atoms with E-state index in [1.807, 2.05) is 13.0 Å². The fourth-order valence-corrected chi connectivity index (χ4v) is 2.87. The molecule has 0 radical (unpaired) electrons. The highest BCUT2D eigenvalue weighted by Gasteiger charge is 2.19. The molecule has 0 amide bonds. The normalized spacial score (nSPS) is 11.3. The molecule has 2 rings (SSSR count). The first-order chi connectivity index (χ1) is 10.1. The van der Waals surface area contributed by atoms with Crippen LogP contribution in [0.1, 0.15) is 18.9 Å². The van der Waals surface area contributed by atoms with Gasteiger partial charge in [0, 0.05) is 31.7 Å². The van der Waals surface area contributed by atoms with Crippen molar-refractivity contribution in [3.8, 4) is 0 Å². The summed E-state index contributed by atoms with van der Waals surface area (Å²) in [5.74, 6) is 0. The number of pyridine rings is 2. The summed E-state index contributed by atoms with van der Waals surface area (Å²) in [4.78, 5) is 7.94. The van der Waals surface area contributed by atoms with E-state index in [4.69, 9.17) is 0 Å². The van der Waals surface area contributed by atoms with Gasteiger partial charge >= 0.3 is 0 Å². The highest BCUT2D eigenvalue weighted by Crippen LogP contribution is 2.18. The molecular weight excluding hydrogens is 288 g/mol. The molecule has 0 aliphatic carbocycles. The number of aromatic nitrogens is 2. The van der Waals surface area contributed by atoms with Gasteiger partial charge in [-0.25, -0.2) is 18.1 Å². The van der Waals surface area contributed by atoms with E-state index in [0.29, 0.717) is 12.2 Å². The minimum atomic E-state index is -3.67. The highest BCUT2D eigenvalue weighted by molar-refractivity contribution is 7.89. The molecule has 0 spiro atoms. The van der Waals surface area contributed by atoms with E-state index in [9.17, 15) is 8.42 Å². The van der Waals surface area contributed by atoms with Crippen LogP contribution in [0.5, 0.6) is 0 Å². The van der Waals surface area contributed by atoms with Crippen molar-refractivity contribution in [2.24, 2.45) is 0 Å². The Hall–Kier alpha value is -1.99. The summed E-state index contributed by atoms with van der Waals surface area (Å²) in [5.41, 5.74) is 1.30. The van der Waals surface area contributed by atoms with Crippen molar-refractivity contribution in [3.63, 3.8) is 0 Å². The summed E-state index contributed by atoms with van der Waals surface area (Å²) in [6.07, 6.45) is 5.63. The van der Waals surface area contributed by atoms with Crippen molar-refractivity contribution in [2.75, 3.05) is 11.9 Å². The second-order valence-corrected chi connectivity index (χ2v) is 6.15. The number of sulfonamides is 1. The average Bonchev–Trinajstić information content (AvgIpc) is 2.52. The van der Waals surface area contributed by atoms with Crippen LogP contribution in [0.25, 0.3) is 0 Å². The summed E-state index contributed by atoms with van der Waals surface area (Å²) in [7, 11) is -3.67. The number of anilines is 1. The van der Waals surface area contributed by atoms with Crippen molar-refractivity contribution in [3.05, 3.63) is 48.4 Å². The lowest BCUT2D eigenvalue weighted by Gasteiger charge is -2.11. The number of hydrogen-bond donors (Lipinski definition) is 2. The third-order valence-electron chi connectivity index (χ3n) is 2.78. The molecule has 2 N–H and O–H groups in total. The van der Waals surface area contributed by atoms with Crippen LogP contribution in [0.2, 0.25) is 0 Å². The van der Waals surface area contributed by atoms with Crippen LogP contribution in [-0.2, 0) is 16.6 Å². The molecule has 6 nitrogen and oxygen atoms in total. The maximum Gasteiger partial charge on any atom is 0.260 e. The number of hydrogen-bond acceptors (Lipinski definition) is 5. The first-order valence-corrected chi connectivity index (χ1v) is 8.19. The van der Waals surface area contributed by atoms with E-state index in [1.54, 1.807) is 30.6 Å². The second-order valence-electron chi connectivity index (χ2n) is 4.47. The van der Waals surface area contributed by atoms with E-state index in [0.717, 1.165) is 12.0 Å². The first-order valence-electron chi connectivity index (χ1n) is 6.71. The lowest BCUT2D eigenvalue weighted by Crippen LogP contribution is -2.25. The third kappa shape index (κ3) is 4.24. The van der Waals surface area contributed by atoms with E-state index < -0.39 is 10.0 Å². The lowest BCUT2D eigenvalue weighted by atomic mass is 10.3. The summed E-state index contributed by atoms with van der Waals surface area (Å²) >= 11 is 0. The molecule has 112 valence electrons. The van der Waals surface area contributed by atoms with Gasteiger partial charge in [0.15, 0.2) is 5.03 Å². The first kappa shape index (κ1) is 15.4. The standard InChI is InChI=1S/C14H18N4O2S/c1-2-7-16-13-6-4-9-17-14(13)21(19,20)18-11-12-5-3-8-15-10-12/h3-6,8-10,16,18H,2,7,11H2,1H3. The van der Waals surface area contributed by atoms with E-state index >= 15 is 0 Å². The molecule has 0 aromatic carbocycles. The maximum atomic E-state index is 12.4. The summed E-state index contributed by atoms with van der Waals surface area (Å²) < 4.78 is 27.2. The maximum absolute atomic E-state index is 12.4. The smallest absolute Gasteiger partial charge is 0.260 e. The fraction of sp³-hybridized carbons (Fsp3) is 0.286. The molecule has 0 unspecified atom stereocenters. The molecule has 0 fully saturated rings. The zero-order chi connectivity index (χ0) is 15.1. The summed E-state index contributed by atoms with van der Waals surface area (Å²) in [6, 6.07) is 6.99. The Morgan fingerprint density at radius 3 is 2.71 bits per heavy atom. The summed E-state index contributed by atoms with van der Waals surface area (Å²) in [6.45, 7) is 2.88. The van der Waals surface area contributed by atoms with Gasteiger partial charge in [0.1, 0.15) is 0 Å². The molecule has 21 heavy (non-hydrogen) atoms. The van der Waals surface area contributed by atoms with Crippen molar-refractivity contribution < 1.29 is 8.42 Å². The molecule has 2 aromatic rings. The molecule has 2 heterocycles. The largest absolute Gasteiger partial charge is 0.383 e. The fourth-order valence-electron chi connectivity index (χ4n) is 1.75. The highest BCUT2D eigenvalue weighted by atomic mass is 32.2. The molecule has 2 aromatic heterocycles. The van der Waals surface area contributed by atoms with E-state index in [1.165, 1.54) is 6.20 Å².